The summed E-state index contributed by atoms with van der Waals surface area (Å²) in [6.07, 6.45) is 2.25. The first kappa shape index (κ1) is 11.5. The molecule has 0 fully saturated rings. The molecule has 7 nitrogen and oxygen atoms in total. The molecule has 0 unspecified atom stereocenters. The van der Waals surface area contributed by atoms with Crippen LogP contribution in [-0.2, 0) is 13.5 Å². The van der Waals surface area contributed by atoms with Gasteiger partial charge in [-0.25, -0.2) is 4.98 Å². The number of aromatic nitrogens is 4. The highest BCUT2D eigenvalue weighted by molar-refractivity contribution is 7.13. The molecule has 0 aliphatic rings. The van der Waals surface area contributed by atoms with Crippen molar-refractivity contribution in [2.24, 2.45) is 7.05 Å². The van der Waals surface area contributed by atoms with Crippen molar-refractivity contribution < 1.29 is 4.79 Å². The van der Waals surface area contributed by atoms with Crippen LogP contribution < -0.4 is 11.1 Å². The maximum Gasteiger partial charge on any atom is 0.270 e. The van der Waals surface area contributed by atoms with Crippen LogP contribution in [0.15, 0.2) is 11.7 Å². The van der Waals surface area contributed by atoms with Gasteiger partial charge in [0.2, 0.25) is 0 Å². The van der Waals surface area contributed by atoms with Crippen LogP contribution in [0.1, 0.15) is 16.3 Å². The van der Waals surface area contributed by atoms with E-state index in [2.05, 4.69) is 20.5 Å². The number of nitrogens with zero attached hydrogens (tertiary/aromatic N) is 4. The molecular weight excluding hydrogens is 240 g/mol. The molecule has 3 N–H and O–H groups in total. The molecule has 0 aromatic carbocycles. The Labute approximate surface area is 102 Å². The van der Waals surface area contributed by atoms with E-state index in [0.717, 1.165) is 5.82 Å². The van der Waals surface area contributed by atoms with Crippen LogP contribution in [-0.4, -0.2) is 32.2 Å². The largest absolute Gasteiger partial charge is 0.375 e. The van der Waals surface area contributed by atoms with Gasteiger partial charge >= 0.3 is 0 Å². The van der Waals surface area contributed by atoms with Gasteiger partial charge in [-0.05, 0) is 0 Å². The Morgan fingerprint density at radius 1 is 1.65 bits per heavy atom. The third kappa shape index (κ3) is 2.78. The van der Waals surface area contributed by atoms with Crippen molar-refractivity contribution in [2.45, 2.75) is 6.42 Å². The van der Waals surface area contributed by atoms with Gasteiger partial charge in [0, 0.05) is 25.4 Å². The molecule has 90 valence electrons. The Morgan fingerprint density at radius 2 is 2.47 bits per heavy atom. The average molecular weight is 252 g/mol. The SMILES string of the molecule is Cn1cnnc1CCNC(=O)c1csc(N)n1. The van der Waals surface area contributed by atoms with Crippen LogP contribution in [0.2, 0.25) is 0 Å². The van der Waals surface area contributed by atoms with E-state index in [-0.39, 0.29) is 5.91 Å². The fourth-order valence-corrected chi connectivity index (χ4v) is 1.85. The highest BCUT2D eigenvalue weighted by Gasteiger charge is 2.09. The number of nitrogen functional groups attached to an aromatic ring is 1. The number of anilines is 1. The van der Waals surface area contributed by atoms with E-state index < -0.39 is 0 Å². The van der Waals surface area contributed by atoms with Crippen molar-refractivity contribution in [1.29, 1.82) is 0 Å². The number of aryl methyl sites for hydroxylation is 1. The summed E-state index contributed by atoms with van der Waals surface area (Å²) in [5, 5.41) is 12.4. The van der Waals surface area contributed by atoms with Gasteiger partial charge < -0.3 is 15.6 Å². The van der Waals surface area contributed by atoms with Gasteiger partial charge in [-0.2, -0.15) is 0 Å². The first-order valence-corrected chi connectivity index (χ1v) is 5.87. The van der Waals surface area contributed by atoms with Gasteiger partial charge in [-0.1, -0.05) is 0 Å². The summed E-state index contributed by atoms with van der Waals surface area (Å²) < 4.78 is 1.81. The minimum absolute atomic E-state index is 0.222. The molecule has 0 atom stereocenters. The van der Waals surface area contributed by atoms with Gasteiger partial charge in [0.05, 0.1) is 0 Å². The summed E-state index contributed by atoms with van der Waals surface area (Å²) in [6, 6.07) is 0. The second-order valence-corrected chi connectivity index (χ2v) is 4.32. The van der Waals surface area contributed by atoms with Crippen LogP contribution in [0.25, 0.3) is 0 Å². The number of carbonyl (C=O) groups excluding carboxylic acids is 1. The van der Waals surface area contributed by atoms with E-state index in [4.69, 9.17) is 5.73 Å². The molecule has 0 bridgehead atoms. The Hall–Kier alpha value is -1.96. The number of hydrogen-bond donors (Lipinski definition) is 2. The van der Waals surface area contributed by atoms with Crippen molar-refractivity contribution in [2.75, 3.05) is 12.3 Å². The van der Waals surface area contributed by atoms with Crippen molar-refractivity contribution in [3.63, 3.8) is 0 Å². The van der Waals surface area contributed by atoms with Gasteiger partial charge in [-0.3, -0.25) is 4.79 Å². The Bertz CT molecular complexity index is 519. The maximum atomic E-state index is 11.6. The fourth-order valence-electron chi connectivity index (χ4n) is 1.30. The summed E-state index contributed by atoms with van der Waals surface area (Å²) >= 11 is 1.25. The minimum Gasteiger partial charge on any atom is -0.375 e. The van der Waals surface area contributed by atoms with Gasteiger partial charge in [0.25, 0.3) is 5.91 Å². The monoisotopic (exact) mass is 252 g/mol. The van der Waals surface area contributed by atoms with E-state index in [1.165, 1.54) is 11.3 Å². The predicted octanol–water partition coefficient (Wildman–Crippen LogP) is -0.174. The molecule has 8 heteroatoms. The van der Waals surface area contributed by atoms with Crippen molar-refractivity contribution in [3.8, 4) is 0 Å². The molecule has 0 saturated heterocycles. The number of nitrogens with one attached hydrogen (secondary N) is 1. The number of carbonyl (C=O) groups is 1. The normalized spacial score (nSPS) is 10.4. The lowest BCUT2D eigenvalue weighted by Crippen LogP contribution is -2.26. The van der Waals surface area contributed by atoms with E-state index in [0.29, 0.717) is 23.8 Å². The predicted molar refractivity (Wildman–Crippen MR) is 63.6 cm³/mol. The third-order valence-corrected chi connectivity index (χ3v) is 2.87. The zero-order chi connectivity index (χ0) is 12.3. The Balaban J connectivity index is 1.83. The first-order valence-electron chi connectivity index (χ1n) is 4.99. The molecule has 2 rings (SSSR count). The number of hydrogen-bond acceptors (Lipinski definition) is 6. The maximum absolute atomic E-state index is 11.6. The van der Waals surface area contributed by atoms with Gasteiger partial charge in [-0.15, -0.1) is 21.5 Å². The summed E-state index contributed by atoms with van der Waals surface area (Å²) in [5.74, 6) is 0.600. The van der Waals surface area contributed by atoms with Crippen molar-refractivity contribution >= 4 is 22.4 Å². The fraction of sp³-hybridized carbons (Fsp3) is 0.333. The molecule has 0 aliphatic heterocycles. The number of amides is 1. The molecule has 2 aromatic rings. The Morgan fingerprint density at radius 3 is 3.06 bits per heavy atom. The van der Waals surface area contributed by atoms with Crippen LogP contribution in [0.3, 0.4) is 0 Å². The number of rotatable bonds is 4. The van der Waals surface area contributed by atoms with Crippen LogP contribution in [0, 0.1) is 0 Å². The first-order chi connectivity index (χ1) is 8.16. The van der Waals surface area contributed by atoms with Crippen LogP contribution >= 0.6 is 11.3 Å². The minimum atomic E-state index is -0.222. The highest BCUT2D eigenvalue weighted by atomic mass is 32.1. The molecule has 0 saturated carbocycles. The standard InChI is InChI=1S/C9H12N6OS/c1-15-5-12-14-7(15)2-3-11-8(16)6-4-17-9(10)13-6/h4-5H,2-3H2,1H3,(H2,10,13)(H,11,16). The molecule has 2 heterocycles. The quantitative estimate of drug-likeness (QED) is 0.787. The molecule has 1 amide bonds. The van der Waals surface area contributed by atoms with E-state index in [1.807, 2.05) is 11.6 Å². The topological polar surface area (TPSA) is 98.7 Å². The lowest BCUT2D eigenvalue weighted by atomic mass is 10.3. The van der Waals surface area contributed by atoms with Crippen LogP contribution in [0.4, 0.5) is 5.13 Å². The Kier molecular flexibility index (Phi) is 3.33. The smallest absolute Gasteiger partial charge is 0.270 e. The van der Waals surface area contributed by atoms with Crippen molar-refractivity contribution in [1.82, 2.24) is 25.1 Å². The van der Waals surface area contributed by atoms with Crippen molar-refractivity contribution in [3.05, 3.63) is 23.2 Å². The van der Waals surface area contributed by atoms with E-state index in [9.17, 15) is 4.79 Å². The molecule has 17 heavy (non-hydrogen) atoms. The molecule has 0 radical (unpaired) electrons. The third-order valence-electron chi connectivity index (χ3n) is 2.19. The lowest BCUT2D eigenvalue weighted by Gasteiger charge is -2.02. The molecule has 0 spiro atoms. The summed E-state index contributed by atoms with van der Waals surface area (Å²) in [4.78, 5) is 15.5. The van der Waals surface area contributed by atoms with Gasteiger partial charge in [0.15, 0.2) is 5.13 Å². The second kappa shape index (κ2) is 4.91. The molecule has 0 aliphatic carbocycles. The zero-order valence-corrected chi connectivity index (χ0v) is 10.1. The van der Waals surface area contributed by atoms with E-state index >= 15 is 0 Å². The number of thiazole rings is 1. The van der Waals surface area contributed by atoms with E-state index in [1.54, 1.807) is 11.7 Å². The highest BCUT2D eigenvalue weighted by Crippen LogP contribution is 2.10. The summed E-state index contributed by atoms with van der Waals surface area (Å²) in [5.41, 5.74) is 5.80. The van der Waals surface area contributed by atoms with Crippen LogP contribution in [0.5, 0.6) is 0 Å². The van der Waals surface area contributed by atoms with Gasteiger partial charge in [0.1, 0.15) is 17.8 Å². The summed E-state index contributed by atoms with van der Waals surface area (Å²) in [7, 11) is 1.86. The average Bonchev–Trinajstić information content (AvgIpc) is 2.88. The number of nitrogens with two attached hydrogens (primary N) is 1. The molecule has 2 aromatic heterocycles. The second-order valence-electron chi connectivity index (χ2n) is 3.43. The lowest BCUT2D eigenvalue weighted by molar-refractivity contribution is 0.0949. The summed E-state index contributed by atoms with van der Waals surface area (Å²) in [6.45, 7) is 0.489. The molecular formula is C9H12N6OS. The zero-order valence-electron chi connectivity index (χ0n) is 9.25.